The Labute approximate surface area is 98.9 Å². The smallest absolute Gasteiger partial charge is 0.311 e. The van der Waals surface area contributed by atoms with E-state index < -0.39 is 4.92 Å². The van der Waals surface area contributed by atoms with Gasteiger partial charge < -0.3 is 10.8 Å². The van der Waals surface area contributed by atoms with E-state index in [2.05, 4.69) is 4.99 Å². The lowest BCUT2D eigenvalue weighted by atomic mass is 10.1. The van der Waals surface area contributed by atoms with Gasteiger partial charge in [-0.2, -0.15) is 0 Å². The Morgan fingerprint density at radius 1 is 1.59 bits per heavy atom. The summed E-state index contributed by atoms with van der Waals surface area (Å²) in [5.41, 5.74) is 5.78. The first-order chi connectivity index (χ1) is 7.91. The predicted octanol–water partition coefficient (Wildman–Crippen LogP) is 1.66. The van der Waals surface area contributed by atoms with Crippen LogP contribution >= 0.6 is 0 Å². The molecule has 92 valence electrons. The van der Waals surface area contributed by atoms with E-state index in [-0.39, 0.29) is 17.3 Å². The standard InChI is InChI=1S/C11H15N3O3/c1-7(2)6-13-11(12)8-3-4-10(15)9(5-8)14(16)17/h3-5,7,15H,6H2,1-2H3,(H2,12,13). The molecule has 6 heteroatoms. The quantitative estimate of drug-likeness (QED) is 0.360. The van der Waals surface area contributed by atoms with Crippen LogP contribution in [0.25, 0.3) is 0 Å². The minimum absolute atomic E-state index is 0.238. The van der Waals surface area contributed by atoms with Crippen molar-refractivity contribution in [3.8, 4) is 5.75 Å². The molecule has 0 spiro atoms. The second kappa shape index (κ2) is 5.29. The molecule has 1 aromatic carbocycles. The van der Waals surface area contributed by atoms with Crippen molar-refractivity contribution in [1.29, 1.82) is 0 Å². The van der Waals surface area contributed by atoms with Gasteiger partial charge in [-0.25, -0.2) is 0 Å². The van der Waals surface area contributed by atoms with Gasteiger partial charge in [-0.1, -0.05) is 13.8 Å². The van der Waals surface area contributed by atoms with E-state index in [9.17, 15) is 15.2 Å². The summed E-state index contributed by atoms with van der Waals surface area (Å²) in [5.74, 6) is 0.220. The van der Waals surface area contributed by atoms with Gasteiger partial charge in [-0.05, 0) is 18.1 Å². The van der Waals surface area contributed by atoms with Gasteiger partial charge in [-0.3, -0.25) is 15.1 Å². The number of hydrogen-bond donors (Lipinski definition) is 2. The van der Waals surface area contributed by atoms with Gasteiger partial charge >= 0.3 is 5.69 Å². The van der Waals surface area contributed by atoms with Gasteiger partial charge in [0.15, 0.2) is 5.75 Å². The van der Waals surface area contributed by atoms with Crippen LogP contribution in [0.5, 0.6) is 5.75 Å². The summed E-state index contributed by atoms with van der Waals surface area (Å²) in [6, 6.07) is 3.96. The van der Waals surface area contributed by atoms with E-state index in [1.165, 1.54) is 18.2 Å². The predicted molar refractivity (Wildman–Crippen MR) is 65.2 cm³/mol. The first kappa shape index (κ1) is 13.0. The van der Waals surface area contributed by atoms with Crippen molar-refractivity contribution in [3.05, 3.63) is 33.9 Å². The molecular weight excluding hydrogens is 222 g/mol. The number of rotatable bonds is 4. The van der Waals surface area contributed by atoms with Crippen LogP contribution < -0.4 is 5.73 Å². The summed E-state index contributed by atoms with van der Waals surface area (Å²) in [4.78, 5) is 14.1. The number of nitrogens with two attached hydrogens (primary N) is 1. The number of phenolic OH excluding ortho intramolecular Hbond substituents is 1. The Morgan fingerprint density at radius 2 is 2.24 bits per heavy atom. The van der Waals surface area contributed by atoms with Gasteiger partial charge in [0.1, 0.15) is 5.84 Å². The normalized spacial score (nSPS) is 11.8. The Hall–Kier alpha value is -2.11. The maximum absolute atomic E-state index is 10.6. The van der Waals surface area contributed by atoms with Crippen LogP contribution in [0.2, 0.25) is 0 Å². The summed E-state index contributed by atoms with van der Waals surface area (Å²) in [5, 5.41) is 19.9. The summed E-state index contributed by atoms with van der Waals surface area (Å²) < 4.78 is 0. The molecule has 0 aliphatic rings. The van der Waals surface area contributed by atoms with Crippen molar-refractivity contribution >= 4 is 11.5 Å². The molecule has 0 saturated carbocycles. The Kier molecular flexibility index (Phi) is 4.03. The SMILES string of the molecule is CC(C)CN=C(N)c1ccc(O)c([N+](=O)[O-])c1. The third-order valence-electron chi connectivity index (χ3n) is 2.09. The zero-order valence-corrected chi connectivity index (χ0v) is 9.75. The first-order valence-corrected chi connectivity index (χ1v) is 5.19. The van der Waals surface area contributed by atoms with Gasteiger partial charge in [0.05, 0.1) is 4.92 Å². The van der Waals surface area contributed by atoms with E-state index in [1.54, 1.807) is 0 Å². The number of nitro benzene ring substituents is 1. The summed E-state index contributed by atoms with van der Waals surface area (Å²) in [6.07, 6.45) is 0. The Morgan fingerprint density at radius 3 is 2.76 bits per heavy atom. The van der Waals surface area contributed by atoms with Crippen molar-refractivity contribution in [2.75, 3.05) is 6.54 Å². The van der Waals surface area contributed by atoms with E-state index in [4.69, 9.17) is 5.73 Å². The molecule has 0 bridgehead atoms. The second-order valence-electron chi connectivity index (χ2n) is 4.08. The van der Waals surface area contributed by atoms with Crippen LogP contribution in [0.15, 0.2) is 23.2 Å². The number of hydrogen-bond acceptors (Lipinski definition) is 4. The van der Waals surface area contributed by atoms with Crippen LogP contribution in [-0.4, -0.2) is 22.4 Å². The van der Waals surface area contributed by atoms with E-state index in [0.29, 0.717) is 18.0 Å². The zero-order valence-electron chi connectivity index (χ0n) is 9.75. The highest BCUT2D eigenvalue weighted by Gasteiger charge is 2.14. The number of nitro groups is 1. The number of phenols is 1. The average molecular weight is 237 g/mol. The molecular formula is C11H15N3O3. The van der Waals surface area contributed by atoms with E-state index in [1.807, 2.05) is 13.8 Å². The van der Waals surface area contributed by atoms with Crippen molar-refractivity contribution in [3.63, 3.8) is 0 Å². The topological polar surface area (TPSA) is 102 Å². The molecule has 17 heavy (non-hydrogen) atoms. The maximum atomic E-state index is 10.6. The summed E-state index contributed by atoms with van der Waals surface area (Å²) in [7, 11) is 0. The molecule has 0 atom stereocenters. The van der Waals surface area contributed by atoms with Crippen molar-refractivity contribution in [2.45, 2.75) is 13.8 Å². The molecule has 0 unspecified atom stereocenters. The van der Waals surface area contributed by atoms with E-state index >= 15 is 0 Å². The molecule has 0 aromatic heterocycles. The number of amidine groups is 1. The fourth-order valence-corrected chi connectivity index (χ4v) is 1.20. The molecule has 1 aromatic rings. The lowest BCUT2D eigenvalue weighted by Crippen LogP contribution is -2.15. The Balaban J connectivity index is 3.03. The molecule has 3 N–H and O–H groups in total. The zero-order chi connectivity index (χ0) is 13.0. The second-order valence-corrected chi connectivity index (χ2v) is 4.08. The summed E-state index contributed by atoms with van der Waals surface area (Å²) >= 11 is 0. The minimum atomic E-state index is -0.658. The average Bonchev–Trinajstić information content (AvgIpc) is 2.26. The molecule has 0 heterocycles. The third-order valence-corrected chi connectivity index (χ3v) is 2.09. The number of aromatic hydroxyl groups is 1. The fraction of sp³-hybridized carbons (Fsp3) is 0.364. The lowest BCUT2D eigenvalue weighted by Gasteiger charge is -2.04. The van der Waals surface area contributed by atoms with Crippen LogP contribution in [0.1, 0.15) is 19.4 Å². The molecule has 0 amide bonds. The van der Waals surface area contributed by atoms with Crippen molar-refractivity contribution in [2.24, 2.45) is 16.6 Å². The third kappa shape index (κ3) is 3.44. The molecule has 0 aliphatic carbocycles. The molecule has 0 saturated heterocycles. The monoisotopic (exact) mass is 237 g/mol. The highest BCUT2D eigenvalue weighted by Crippen LogP contribution is 2.26. The molecule has 0 radical (unpaired) electrons. The van der Waals surface area contributed by atoms with Crippen molar-refractivity contribution in [1.82, 2.24) is 0 Å². The van der Waals surface area contributed by atoms with Crippen LogP contribution in [-0.2, 0) is 0 Å². The van der Waals surface area contributed by atoms with Gasteiger partial charge in [0.2, 0.25) is 0 Å². The van der Waals surface area contributed by atoms with Gasteiger partial charge in [-0.15, -0.1) is 0 Å². The number of aliphatic imine (C=N–C) groups is 1. The molecule has 0 aliphatic heterocycles. The first-order valence-electron chi connectivity index (χ1n) is 5.19. The molecule has 6 nitrogen and oxygen atoms in total. The van der Waals surface area contributed by atoms with Crippen LogP contribution in [0, 0.1) is 16.0 Å². The number of benzene rings is 1. The minimum Gasteiger partial charge on any atom is -0.502 e. The highest BCUT2D eigenvalue weighted by molar-refractivity contribution is 5.98. The summed E-state index contributed by atoms with van der Waals surface area (Å²) in [6.45, 7) is 4.55. The van der Waals surface area contributed by atoms with E-state index in [0.717, 1.165) is 0 Å². The fourth-order valence-electron chi connectivity index (χ4n) is 1.20. The van der Waals surface area contributed by atoms with Crippen LogP contribution in [0.3, 0.4) is 0 Å². The maximum Gasteiger partial charge on any atom is 0.311 e. The van der Waals surface area contributed by atoms with Crippen LogP contribution in [0.4, 0.5) is 5.69 Å². The molecule has 0 fully saturated rings. The largest absolute Gasteiger partial charge is 0.502 e. The highest BCUT2D eigenvalue weighted by atomic mass is 16.6. The van der Waals surface area contributed by atoms with Crippen molar-refractivity contribution < 1.29 is 10.0 Å². The van der Waals surface area contributed by atoms with Gasteiger partial charge in [0, 0.05) is 18.2 Å². The Bertz CT molecular complexity index is 455. The van der Waals surface area contributed by atoms with Gasteiger partial charge in [0.25, 0.3) is 0 Å². The lowest BCUT2D eigenvalue weighted by molar-refractivity contribution is -0.385. The number of nitrogens with zero attached hydrogens (tertiary/aromatic N) is 2. The molecule has 1 rings (SSSR count).